The van der Waals surface area contributed by atoms with Crippen LogP contribution < -0.4 is 15.9 Å². The van der Waals surface area contributed by atoms with Crippen molar-refractivity contribution in [3.8, 4) is 0 Å². The summed E-state index contributed by atoms with van der Waals surface area (Å²) >= 11 is 0. The van der Waals surface area contributed by atoms with Gasteiger partial charge in [-0.05, 0) is 6.92 Å². The van der Waals surface area contributed by atoms with E-state index in [1.54, 1.807) is 4.98 Å². The van der Waals surface area contributed by atoms with Gasteiger partial charge in [-0.2, -0.15) is 8.62 Å². The van der Waals surface area contributed by atoms with E-state index in [0.29, 0.717) is 6.20 Å². The van der Waals surface area contributed by atoms with Crippen LogP contribution in [0.15, 0.2) is 15.8 Å². The van der Waals surface area contributed by atoms with Crippen LogP contribution in [0.5, 0.6) is 0 Å². The topological polar surface area (TPSA) is 215 Å². The van der Waals surface area contributed by atoms with Gasteiger partial charge in [0.25, 0.3) is 5.56 Å². The summed E-state index contributed by atoms with van der Waals surface area (Å²) in [6.45, 7) is 1.20. The highest BCUT2D eigenvalue weighted by Gasteiger charge is 2.42. The van der Waals surface area contributed by atoms with Crippen molar-refractivity contribution in [1.82, 2.24) is 9.71 Å². The van der Waals surface area contributed by atoms with E-state index in [1.165, 1.54) is 6.92 Å². The van der Waals surface area contributed by atoms with Crippen LogP contribution in [0.1, 0.15) is 5.56 Å². The molecule has 2 unspecified atom stereocenters. The molecule has 1 aromatic heterocycles. The smallest absolute Gasteiger partial charge is 0.307 e. The molecule has 1 heterocycles. The minimum Gasteiger partial charge on any atom is -0.307 e. The molecule has 22 heavy (non-hydrogen) atoms. The van der Waals surface area contributed by atoms with Crippen molar-refractivity contribution in [3.63, 3.8) is 0 Å². The van der Waals surface area contributed by atoms with Gasteiger partial charge in [0.15, 0.2) is 0 Å². The summed E-state index contributed by atoms with van der Waals surface area (Å²) in [5.74, 6) is 0. The van der Waals surface area contributed by atoms with Crippen LogP contribution in [0, 0.1) is 6.92 Å². The van der Waals surface area contributed by atoms with Crippen molar-refractivity contribution in [2.45, 2.75) is 6.92 Å². The first-order chi connectivity index (χ1) is 9.71. The number of phosphoric acid groups is 3. The van der Waals surface area contributed by atoms with Gasteiger partial charge in [0.1, 0.15) is 0 Å². The van der Waals surface area contributed by atoms with Crippen molar-refractivity contribution in [3.05, 3.63) is 32.6 Å². The maximum absolute atomic E-state index is 11.4. The number of nitrogens with zero attached hydrogens (tertiary/aromatic N) is 1. The van der Waals surface area contributed by atoms with Gasteiger partial charge < -0.3 is 19.3 Å². The van der Waals surface area contributed by atoms with Crippen LogP contribution in [-0.2, 0) is 22.3 Å². The summed E-state index contributed by atoms with van der Waals surface area (Å²) in [5, 5.41) is 0. The first-order valence-corrected chi connectivity index (χ1v) is 9.39. The van der Waals surface area contributed by atoms with Crippen molar-refractivity contribution in [2.24, 2.45) is 0 Å². The van der Waals surface area contributed by atoms with E-state index in [-0.39, 0.29) is 10.3 Å². The molecule has 0 aliphatic rings. The number of aromatic nitrogens is 2. The maximum atomic E-state index is 11.4. The molecule has 17 heteroatoms. The van der Waals surface area contributed by atoms with Gasteiger partial charge in [-0.3, -0.25) is 14.7 Å². The monoisotopic (exact) mass is 382 g/mol. The lowest BCUT2D eigenvalue weighted by molar-refractivity contribution is 0.152. The molecule has 0 amide bonds. The molecule has 0 aliphatic heterocycles. The Balaban J connectivity index is 3.02. The predicted octanol–water partition coefficient (Wildman–Crippen LogP) is -1.40. The summed E-state index contributed by atoms with van der Waals surface area (Å²) in [6, 6.07) is 0. The molecule has 0 radical (unpaired) electrons. The number of hydrogen-bond acceptors (Lipinski definition) is 8. The summed E-state index contributed by atoms with van der Waals surface area (Å²) in [4.78, 5) is 58.7. The third kappa shape index (κ3) is 5.97. The minimum absolute atomic E-state index is 0.00892. The van der Waals surface area contributed by atoms with Gasteiger partial charge in [-0.25, -0.2) is 18.5 Å². The summed E-state index contributed by atoms with van der Waals surface area (Å²) < 4.78 is 43.8. The molecule has 5 N–H and O–H groups in total. The Bertz CT molecular complexity index is 817. The largest absolute Gasteiger partial charge is 0.555 e. The van der Waals surface area contributed by atoms with Crippen molar-refractivity contribution in [1.29, 1.82) is 0 Å². The van der Waals surface area contributed by atoms with Crippen molar-refractivity contribution >= 4 is 23.5 Å². The first-order valence-electron chi connectivity index (χ1n) is 4.87. The van der Waals surface area contributed by atoms with Crippen LogP contribution in [0.4, 0.5) is 0 Å². The lowest BCUT2D eigenvalue weighted by Gasteiger charge is -2.16. The van der Waals surface area contributed by atoms with E-state index in [2.05, 4.69) is 13.2 Å². The lowest BCUT2D eigenvalue weighted by atomic mass is 10.4. The zero-order valence-corrected chi connectivity index (χ0v) is 13.1. The Labute approximate surface area is 120 Å². The molecular weight excluding hydrogens is 373 g/mol. The van der Waals surface area contributed by atoms with E-state index in [9.17, 15) is 28.2 Å². The van der Waals surface area contributed by atoms with Crippen molar-refractivity contribution < 1.29 is 46.5 Å². The highest BCUT2D eigenvalue weighted by molar-refractivity contribution is 7.66. The molecule has 0 saturated heterocycles. The Morgan fingerprint density at radius 3 is 2.09 bits per heavy atom. The van der Waals surface area contributed by atoms with Crippen LogP contribution in [0.25, 0.3) is 0 Å². The van der Waals surface area contributed by atoms with E-state index in [0.717, 1.165) is 0 Å². The Kier molecular flexibility index (Phi) is 5.35. The van der Waals surface area contributed by atoms with E-state index in [1.807, 2.05) is 0 Å². The molecule has 0 fully saturated rings. The molecule has 126 valence electrons. The maximum Gasteiger partial charge on any atom is 0.555 e. The van der Waals surface area contributed by atoms with Gasteiger partial charge in [0.05, 0.1) is 6.20 Å². The normalized spacial score (nSPS) is 17.5. The standard InChI is InChI=1S/C5H9N2O12P3/c1-3-2-7(5(9)6-4(3)8)17-21(13,14)19-22(15,16)18-20(10,11)12/h2H,1H3,(H,13,14)(H,15,16)(H,6,8,9)(H2,10,11,12). The number of H-pyrrole nitrogens is 1. The summed E-state index contributed by atoms with van der Waals surface area (Å²) in [5.41, 5.74) is -2.27. The van der Waals surface area contributed by atoms with E-state index >= 15 is 0 Å². The molecule has 0 aliphatic carbocycles. The average Bonchev–Trinajstić information content (AvgIpc) is 2.19. The van der Waals surface area contributed by atoms with Crippen LogP contribution in [0.2, 0.25) is 0 Å². The van der Waals surface area contributed by atoms with Gasteiger partial charge >= 0.3 is 29.2 Å². The highest BCUT2D eigenvalue weighted by atomic mass is 31.3. The number of aromatic amines is 1. The molecule has 0 bridgehead atoms. The second-order valence-electron chi connectivity index (χ2n) is 3.57. The highest BCUT2D eigenvalue weighted by Crippen LogP contribution is 2.65. The number of nitrogens with one attached hydrogen (secondary N) is 1. The SMILES string of the molecule is Cc1cn(OP(=O)(O)OP(=O)(O)OP(=O)(O)O)c(=O)[nH]c1=O. The third-order valence-electron chi connectivity index (χ3n) is 1.70. The average molecular weight is 382 g/mol. The van der Waals surface area contributed by atoms with Gasteiger partial charge in [0, 0.05) is 5.56 Å². The Morgan fingerprint density at radius 2 is 1.59 bits per heavy atom. The van der Waals surface area contributed by atoms with Crippen molar-refractivity contribution in [2.75, 3.05) is 0 Å². The molecule has 14 nitrogen and oxygen atoms in total. The Hall–Kier alpha value is -1.07. The van der Waals surface area contributed by atoms with Crippen LogP contribution in [-0.4, -0.2) is 29.3 Å². The second kappa shape index (κ2) is 6.20. The fourth-order valence-electron chi connectivity index (χ4n) is 1.01. The number of rotatable bonds is 6. The molecule has 1 aromatic rings. The van der Waals surface area contributed by atoms with E-state index in [4.69, 9.17) is 14.7 Å². The fraction of sp³-hybridized carbons (Fsp3) is 0.200. The fourth-order valence-corrected chi connectivity index (χ4v) is 3.98. The van der Waals surface area contributed by atoms with Gasteiger partial charge in [0.2, 0.25) is 0 Å². The van der Waals surface area contributed by atoms with Crippen LogP contribution in [0.3, 0.4) is 0 Å². The third-order valence-corrected chi connectivity index (χ3v) is 5.41. The zero-order chi connectivity index (χ0) is 17.3. The second-order valence-corrected chi connectivity index (χ2v) is 7.89. The molecular formula is C5H9N2O12P3. The minimum atomic E-state index is -5.70. The zero-order valence-electron chi connectivity index (χ0n) is 10.4. The summed E-state index contributed by atoms with van der Waals surface area (Å²) in [7, 11) is -16.7. The molecule has 1 rings (SSSR count). The quantitative estimate of drug-likeness (QED) is 0.359. The summed E-state index contributed by atoms with van der Waals surface area (Å²) in [6.07, 6.45) is 0.666. The van der Waals surface area contributed by atoms with E-state index < -0.39 is 34.7 Å². The Morgan fingerprint density at radius 1 is 1.05 bits per heavy atom. The molecule has 0 spiro atoms. The number of aryl methyl sites for hydroxylation is 1. The lowest BCUT2D eigenvalue weighted by Crippen LogP contribution is -2.33. The van der Waals surface area contributed by atoms with Gasteiger partial charge in [-0.1, -0.05) is 0 Å². The first kappa shape index (κ1) is 19.0. The number of hydrogen-bond donors (Lipinski definition) is 5. The molecule has 2 atom stereocenters. The van der Waals surface area contributed by atoms with Gasteiger partial charge in [-0.15, -0.1) is 4.73 Å². The van der Waals surface area contributed by atoms with Crippen LogP contribution >= 0.6 is 23.5 Å². The predicted molar refractivity (Wildman–Crippen MR) is 66.5 cm³/mol. The molecule has 0 saturated carbocycles. The molecule has 0 aromatic carbocycles.